The summed E-state index contributed by atoms with van der Waals surface area (Å²) in [5.74, 6) is -0.154. The molecule has 0 saturated carbocycles. The lowest BCUT2D eigenvalue weighted by Gasteiger charge is -2.07. The molecule has 26 heavy (non-hydrogen) atoms. The average molecular weight is 347 g/mol. The van der Waals surface area contributed by atoms with E-state index in [1.54, 1.807) is 24.4 Å². The van der Waals surface area contributed by atoms with E-state index in [2.05, 4.69) is 20.3 Å². The van der Waals surface area contributed by atoms with E-state index in [0.29, 0.717) is 18.7 Å². The van der Waals surface area contributed by atoms with Crippen molar-refractivity contribution in [3.8, 4) is 11.3 Å². The number of nitrogens with two attached hydrogens (primary N) is 1. The molecule has 132 valence electrons. The van der Waals surface area contributed by atoms with Gasteiger partial charge in [0, 0.05) is 41.0 Å². The van der Waals surface area contributed by atoms with Gasteiger partial charge in [-0.1, -0.05) is 12.1 Å². The van der Waals surface area contributed by atoms with Crippen LogP contribution in [0.15, 0.2) is 66.1 Å². The van der Waals surface area contributed by atoms with Crippen LogP contribution in [0.5, 0.6) is 0 Å². The molecule has 0 radical (unpaired) electrons. The number of nitrogens with zero attached hydrogens (tertiary/aromatic N) is 2. The number of hydrogen-bond donors (Lipinski definition) is 3. The number of pyridine rings is 1. The van der Waals surface area contributed by atoms with Crippen LogP contribution in [0.3, 0.4) is 0 Å². The Labute approximate surface area is 151 Å². The number of amides is 1. The van der Waals surface area contributed by atoms with Crippen LogP contribution in [0, 0.1) is 0 Å². The maximum absolute atomic E-state index is 12.3. The number of carbonyl (C=O) groups is 1. The van der Waals surface area contributed by atoms with E-state index in [4.69, 9.17) is 5.73 Å². The molecule has 0 unspecified atom stereocenters. The summed E-state index contributed by atoms with van der Waals surface area (Å²) in [6.45, 7) is 2.91. The molecule has 3 aromatic rings. The Hall–Kier alpha value is -3.41. The molecule has 0 aliphatic heterocycles. The van der Waals surface area contributed by atoms with Gasteiger partial charge < -0.3 is 16.0 Å². The monoisotopic (exact) mass is 347 g/mol. The van der Waals surface area contributed by atoms with Gasteiger partial charge in [-0.15, -0.1) is 0 Å². The van der Waals surface area contributed by atoms with Gasteiger partial charge in [0.05, 0.1) is 18.0 Å². The number of aromatic nitrogens is 2. The Morgan fingerprint density at radius 1 is 1.27 bits per heavy atom. The molecule has 2 aromatic heterocycles. The number of benzene rings is 1. The predicted molar refractivity (Wildman–Crippen MR) is 105 cm³/mol. The zero-order valence-corrected chi connectivity index (χ0v) is 14.6. The Kier molecular flexibility index (Phi) is 5.43. The molecule has 2 heterocycles. The van der Waals surface area contributed by atoms with Crippen LogP contribution in [0.2, 0.25) is 0 Å². The summed E-state index contributed by atoms with van der Waals surface area (Å²) in [7, 11) is 0. The highest BCUT2D eigenvalue weighted by molar-refractivity contribution is 6.02. The zero-order chi connectivity index (χ0) is 18.4. The lowest BCUT2D eigenvalue weighted by atomic mass is 10.1. The minimum atomic E-state index is -0.154. The average Bonchev–Trinajstić information content (AvgIpc) is 3.15. The second-order valence-electron chi connectivity index (χ2n) is 5.68. The molecule has 3 rings (SSSR count). The number of carbonyl (C=O) groups excluding carboxylic acids is 1. The van der Waals surface area contributed by atoms with Crippen molar-refractivity contribution in [3.63, 3.8) is 0 Å². The minimum absolute atomic E-state index is 0.154. The summed E-state index contributed by atoms with van der Waals surface area (Å²) in [6, 6.07) is 11.3. The molecule has 0 bridgehead atoms. The third-order valence-corrected chi connectivity index (χ3v) is 3.98. The molecule has 1 amide bonds. The van der Waals surface area contributed by atoms with Gasteiger partial charge in [0.25, 0.3) is 5.91 Å². The van der Waals surface area contributed by atoms with Crippen molar-refractivity contribution in [2.45, 2.75) is 6.92 Å². The minimum Gasteiger partial charge on any atom is -0.405 e. The van der Waals surface area contributed by atoms with Crippen molar-refractivity contribution in [1.82, 2.24) is 15.3 Å². The van der Waals surface area contributed by atoms with Gasteiger partial charge >= 0.3 is 0 Å². The van der Waals surface area contributed by atoms with Crippen LogP contribution in [-0.4, -0.2) is 34.7 Å². The van der Waals surface area contributed by atoms with Crippen molar-refractivity contribution < 1.29 is 4.79 Å². The highest BCUT2D eigenvalue weighted by Crippen LogP contribution is 2.25. The SMILES string of the molecule is CCN=C(C=CN)CNC(=O)c1ccc(-c2nccc3[nH]ccc23)cc1. The van der Waals surface area contributed by atoms with Crippen LogP contribution in [0.25, 0.3) is 22.2 Å². The van der Waals surface area contributed by atoms with Crippen LogP contribution in [-0.2, 0) is 0 Å². The van der Waals surface area contributed by atoms with E-state index in [0.717, 1.165) is 27.9 Å². The maximum Gasteiger partial charge on any atom is 0.251 e. The topological polar surface area (TPSA) is 96.2 Å². The summed E-state index contributed by atoms with van der Waals surface area (Å²) in [5, 5.41) is 3.91. The number of H-pyrrole nitrogens is 1. The van der Waals surface area contributed by atoms with Crippen LogP contribution < -0.4 is 11.1 Å². The summed E-state index contributed by atoms with van der Waals surface area (Å²) in [5.41, 5.74) is 9.61. The maximum atomic E-state index is 12.3. The van der Waals surface area contributed by atoms with Crippen molar-refractivity contribution in [1.29, 1.82) is 0 Å². The molecular weight excluding hydrogens is 326 g/mol. The van der Waals surface area contributed by atoms with Crippen LogP contribution in [0.1, 0.15) is 17.3 Å². The first-order chi connectivity index (χ1) is 12.7. The van der Waals surface area contributed by atoms with Crippen molar-refractivity contribution in [3.05, 3.63) is 66.6 Å². The van der Waals surface area contributed by atoms with Crippen molar-refractivity contribution >= 4 is 22.5 Å². The summed E-state index contributed by atoms with van der Waals surface area (Å²) in [4.78, 5) is 24.3. The highest BCUT2D eigenvalue weighted by Gasteiger charge is 2.09. The molecule has 0 aliphatic carbocycles. The molecule has 0 atom stereocenters. The molecule has 4 N–H and O–H groups in total. The third kappa shape index (κ3) is 3.80. The van der Waals surface area contributed by atoms with E-state index in [1.807, 2.05) is 37.4 Å². The summed E-state index contributed by atoms with van der Waals surface area (Å²) < 4.78 is 0. The molecule has 0 saturated heterocycles. The molecule has 0 spiro atoms. The number of rotatable bonds is 6. The van der Waals surface area contributed by atoms with Gasteiger partial charge in [-0.25, -0.2) is 0 Å². The largest absolute Gasteiger partial charge is 0.405 e. The third-order valence-electron chi connectivity index (χ3n) is 3.98. The summed E-state index contributed by atoms with van der Waals surface area (Å²) in [6.07, 6.45) is 6.78. The Morgan fingerprint density at radius 3 is 2.81 bits per heavy atom. The van der Waals surface area contributed by atoms with Crippen molar-refractivity contribution in [2.75, 3.05) is 13.1 Å². The normalized spacial score (nSPS) is 12.0. The second-order valence-corrected chi connectivity index (χ2v) is 5.68. The van der Waals surface area contributed by atoms with Crippen molar-refractivity contribution in [2.24, 2.45) is 10.7 Å². The lowest BCUT2D eigenvalue weighted by Crippen LogP contribution is -2.29. The zero-order valence-electron chi connectivity index (χ0n) is 14.6. The number of hydrogen-bond acceptors (Lipinski definition) is 4. The number of aromatic amines is 1. The van der Waals surface area contributed by atoms with Crippen LogP contribution >= 0.6 is 0 Å². The summed E-state index contributed by atoms with van der Waals surface area (Å²) >= 11 is 0. The molecule has 0 aliphatic rings. The molecule has 6 nitrogen and oxygen atoms in total. The molecule has 6 heteroatoms. The Morgan fingerprint density at radius 2 is 2.08 bits per heavy atom. The van der Waals surface area contributed by atoms with Gasteiger partial charge in [0.1, 0.15) is 0 Å². The first-order valence-corrected chi connectivity index (χ1v) is 8.45. The number of fused-ring (bicyclic) bond motifs is 1. The van der Waals surface area contributed by atoms with Gasteiger partial charge in [-0.2, -0.15) is 0 Å². The van der Waals surface area contributed by atoms with Crippen LogP contribution in [0.4, 0.5) is 0 Å². The standard InChI is InChI=1S/C20H21N5O/c1-2-22-16(7-10-21)13-25-20(26)15-5-3-14(4-6-15)19-17-8-11-23-18(17)9-12-24-19/h3-12,23H,2,13,21H2,1H3,(H,25,26). The predicted octanol–water partition coefficient (Wildman–Crippen LogP) is 2.89. The smallest absolute Gasteiger partial charge is 0.251 e. The second kappa shape index (κ2) is 8.11. The fourth-order valence-electron chi connectivity index (χ4n) is 2.75. The first-order valence-electron chi connectivity index (χ1n) is 8.45. The van der Waals surface area contributed by atoms with Gasteiger partial charge in [-0.05, 0) is 43.5 Å². The fourth-order valence-corrected chi connectivity index (χ4v) is 2.75. The quantitative estimate of drug-likeness (QED) is 0.598. The Bertz CT molecular complexity index is 954. The molecular formula is C20H21N5O. The van der Waals surface area contributed by atoms with E-state index in [1.165, 1.54) is 6.20 Å². The van der Waals surface area contributed by atoms with E-state index < -0.39 is 0 Å². The van der Waals surface area contributed by atoms with Gasteiger partial charge in [-0.3, -0.25) is 14.8 Å². The van der Waals surface area contributed by atoms with Gasteiger partial charge in [0.15, 0.2) is 0 Å². The first kappa shape index (κ1) is 17.4. The Balaban J connectivity index is 1.74. The number of nitrogens with one attached hydrogen (secondary N) is 2. The lowest BCUT2D eigenvalue weighted by molar-refractivity contribution is 0.0959. The molecule has 1 aromatic carbocycles. The number of aliphatic imine (C=N–C) groups is 1. The van der Waals surface area contributed by atoms with E-state index >= 15 is 0 Å². The van der Waals surface area contributed by atoms with E-state index in [-0.39, 0.29) is 5.91 Å². The highest BCUT2D eigenvalue weighted by atomic mass is 16.1. The van der Waals surface area contributed by atoms with E-state index in [9.17, 15) is 4.79 Å². The van der Waals surface area contributed by atoms with Gasteiger partial charge in [0.2, 0.25) is 0 Å². The molecule has 0 fully saturated rings. The fraction of sp³-hybridized carbons (Fsp3) is 0.150.